The summed E-state index contributed by atoms with van der Waals surface area (Å²) in [5.41, 5.74) is 2.87. The summed E-state index contributed by atoms with van der Waals surface area (Å²) in [6.45, 7) is 2.73. The zero-order valence-corrected chi connectivity index (χ0v) is 10.0. The van der Waals surface area contributed by atoms with E-state index < -0.39 is 0 Å². The molecule has 0 aromatic heterocycles. The van der Waals surface area contributed by atoms with Crippen molar-refractivity contribution in [3.05, 3.63) is 29.3 Å². The Kier molecular flexibility index (Phi) is 3.43. The van der Waals surface area contributed by atoms with Gasteiger partial charge in [0.05, 0.1) is 12.5 Å². The van der Waals surface area contributed by atoms with Crippen LogP contribution >= 0.6 is 0 Å². The van der Waals surface area contributed by atoms with Crippen LogP contribution in [0.5, 0.6) is 0 Å². The van der Waals surface area contributed by atoms with Gasteiger partial charge in [0.1, 0.15) is 6.29 Å². The van der Waals surface area contributed by atoms with Crippen molar-refractivity contribution in [2.45, 2.75) is 32.2 Å². The number of rotatable bonds is 5. The first-order valence-electron chi connectivity index (χ1n) is 5.95. The van der Waals surface area contributed by atoms with Gasteiger partial charge in [0, 0.05) is 23.8 Å². The van der Waals surface area contributed by atoms with Gasteiger partial charge in [0.25, 0.3) is 0 Å². The SMILES string of the molecule is Cc1cc(N(CCC#N)C2CC2)ccc1C=O. The Morgan fingerprint density at radius 3 is 2.82 bits per heavy atom. The minimum absolute atomic E-state index is 0.547. The van der Waals surface area contributed by atoms with Gasteiger partial charge in [-0.05, 0) is 43.5 Å². The van der Waals surface area contributed by atoms with Gasteiger partial charge in [-0.1, -0.05) is 0 Å². The summed E-state index contributed by atoms with van der Waals surface area (Å²) < 4.78 is 0. The molecule has 88 valence electrons. The number of carbonyl (C=O) groups is 1. The van der Waals surface area contributed by atoms with E-state index in [9.17, 15) is 4.79 Å². The standard InChI is InChI=1S/C14H16N2O/c1-11-9-14(4-3-12(11)10-17)16(8-2-7-15)13-5-6-13/h3-4,9-10,13H,2,5-6,8H2,1H3. The third kappa shape index (κ3) is 2.65. The largest absolute Gasteiger partial charge is 0.368 e. The minimum atomic E-state index is 0.547. The molecule has 3 heteroatoms. The van der Waals surface area contributed by atoms with Gasteiger partial charge in [-0.3, -0.25) is 4.79 Å². The van der Waals surface area contributed by atoms with Crippen molar-refractivity contribution in [1.29, 1.82) is 5.26 Å². The molecule has 0 saturated heterocycles. The van der Waals surface area contributed by atoms with Crippen LogP contribution in [0, 0.1) is 18.3 Å². The number of aldehydes is 1. The molecule has 0 unspecified atom stereocenters. The highest BCUT2D eigenvalue weighted by Gasteiger charge is 2.28. The molecular weight excluding hydrogens is 212 g/mol. The number of carbonyl (C=O) groups excluding carboxylic acids is 1. The smallest absolute Gasteiger partial charge is 0.150 e. The summed E-state index contributed by atoms with van der Waals surface area (Å²) in [6, 6.07) is 8.66. The number of hydrogen-bond acceptors (Lipinski definition) is 3. The van der Waals surface area contributed by atoms with Gasteiger partial charge < -0.3 is 4.90 Å². The normalized spacial score (nSPS) is 14.1. The minimum Gasteiger partial charge on any atom is -0.368 e. The monoisotopic (exact) mass is 228 g/mol. The maximum Gasteiger partial charge on any atom is 0.150 e. The number of nitriles is 1. The molecule has 17 heavy (non-hydrogen) atoms. The van der Waals surface area contributed by atoms with E-state index in [2.05, 4.69) is 11.0 Å². The van der Waals surface area contributed by atoms with Crippen LogP contribution in [-0.4, -0.2) is 18.9 Å². The molecule has 0 amide bonds. The molecule has 1 aliphatic carbocycles. The summed E-state index contributed by atoms with van der Waals surface area (Å²) >= 11 is 0. The number of hydrogen-bond donors (Lipinski definition) is 0. The molecule has 0 N–H and O–H groups in total. The third-order valence-electron chi connectivity index (χ3n) is 3.16. The van der Waals surface area contributed by atoms with Crippen molar-refractivity contribution in [3.63, 3.8) is 0 Å². The Hall–Kier alpha value is -1.82. The highest BCUT2D eigenvalue weighted by atomic mass is 16.1. The van der Waals surface area contributed by atoms with Crippen molar-refractivity contribution in [2.75, 3.05) is 11.4 Å². The number of anilines is 1. The van der Waals surface area contributed by atoms with Crippen molar-refractivity contribution < 1.29 is 4.79 Å². The molecule has 2 rings (SSSR count). The van der Waals surface area contributed by atoms with E-state index in [0.29, 0.717) is 12.5 Å². The Labute approximate surface area is 102 Å². The van der Waals surface area contributed by atoms with Crippen molar-refractivity contribution in [1.82, 2.24) is 0 Å². The lowest BCUT2D eigenvalue weighted by Gasteiger charge is -2.24. The predicted octanol–water partition coefficient (Wildman–Crippen LogP) is 2.69. The van der Waals surface area contributed by atoms with Crippen LogP contribution < -0.4 is 4.90 Å². The molecular formula is C14H16N2O. The molecule has 1 aliphatic rings. The van der Waals surface area contributed by atoms with E-state index in [4.69, 9.17) is 5.26 Å². The Balaban J connectivity index is 2.20. The fourth-order valence-electron chi connectivity index (χ4n) is 2.05. The average Bonchev–Trinajstić information content (AvgIpc) is 3.14. The van der Waals surface area contributed by atoms with Gasteiger partial charge in [-0.15, -0.1) is 0 Å². The molecule has 1 fully saturated rings. The molecule has 3 nitrogen and oxygen atoms in total. The second kappa shape index (κ2) is 5.01. The first kappa shape index (κ1) is 11.7. The highest BCUT2D eigenvalue weighted by molar-refractivity contribution is 5.78. The molecule has 0 bridgehead atoms. The van der Waals surface area contributed by atoms with Crippen molar-refractivity contribution >= 4 is 12.0 Å². The average molecular weight is 228 g/mol. The Morgan fingerprint density at radius 2 is 2.29 bits per heavy atom. The van der Waals surface area contributed by atoms with E-state index in [1.54, 1.807) is 0 Å². The summed E-state index contributed by atoms with van der Waals surface area (Å²) in [7, 11) is 0. The summed E-state index contributed by atoms with van der Waals surface area (Å²) in [4.78, 5) is 13.1. The number of benzene rings is 1. The summed E-state index contributed by atoms with van der Waals surface area (Å²) in [5, 5.41) is 8.68. The lowest BCUT2D eigenvalue weighted by Crippen LogP contribution is -2.26. The predicted molar refractivity (Wildman–Crippen MR) is 67.2 cm³/mol. The molecule has 1 saturated carbocycles. The molecule has 0 spiro atoms. The maximum atomic E-state index is 10.8. The van der Waals surface area contributed by atoms with Crippen molar-refractivity contribution in [2.24, 2.45) is 0 Å². The van der Waals surface area contributed by atoms with Crippen LogP contribution in [0.4, 0.5) is 5.69 Å². The van der Waals surface area contributed by atoms with Gasteiger partial charge in [-0.2, -0.15) is 5.26 Å². The third-order valence-corrected chi connectivity index (χ3v) is 3.16. The molecule has 0 radical (unpaired) electrons. The van der Waals surface area contributed by atoms with Crippen LogP contribution in [-0.2, 0) is 0 Å². The number of nitrogens with zero attached hydrogens (tertiary/aromatic N) is 2. The molecule has 0 heterocycles. The highest BCUT2D eigenvalue weighted by Crippen LogP contribution is 2.32. The molecule has 0 aliphatic heterocycles. The zero-order chi connectivity index (χ0) is 12.3. The molecule has 1 aromatic carbocycles. The first-order chi connectivity index (χ1) is 8.26. The van der Waals surface area contributed by atoms with E-state index in [1.807, 2.05) is 25.1 Å². The van der Waals surface area contributed by atoms with Crippen LogP contribution in [0.2, 0.25) is 0 Å². The Bertz CT molecular complexity index is 458. The first-order valence-corrected chi connectivity index (χ1v) is 5.95. The van der Waals surface area contributed by atoms with Gasteiger partial charge in [0.15, 0.2) is 0 Å². The summed E-state index contributed by atoms with van der Waals surface area (Å²) in [5.74, 6) is 0. The Morgan fingerprint density at radius 1 is 1.53 bits per heavy atom. The fourth-order valence-corrected chi connectivity index (χ4v) is 2.05. The van der Waals surface area contributed by atoms with Crippen LogP contribution in [0.3, 0.4) is 0 Å². The van der Waals surface area contributed by atoms with E-state index in [1.165, 1.54) is 12.8 Å². The topological polar surface area (TPSA) is 44.1 Å². The second-order valence-electron chi connectivity index (χ2n) is 4.49. The van der Waals surface area contributed by atoms with Gasteiger partial charge in [0.2, 0.25) is 0 Å². The van der Waals surface area contributed by atoms with Crippen molar-refractivity contribution in [3.8, 4) is 6.07 Å². The van der Waals surface area contributed by atoms with E-state index >= 15 is 0 Å². The summed E-state index contributed by atoms with van der Waals surface area (Å²) in [6.07, 6.45) is 3.85. The van der Waals surface area contributed by atoms with Crippen LogP contribution in [0.25, 0.3) is 0 Å². The van der Waals surface area contributed by atoms with E-state index in [0.717, 1.165) is 29.6 Å². The van der Waals surface area contributed by atoms with E-state index in [-0.39, 0.29) is 0 Å². The lowest BCUT2D eigenvalue weighted by molar-refractivity contribution is 0.112. The maximum absolute atomic E-state index is 10.8. The fraction of sp³-hybridized carbons (Fsp3) is 0.429. The van der Waals surface area contributed by atoms with Crippen LogP contribution in [0.15, 0.2) is 18.2 Å². The number of aryl methyl sites for hydroxylation is 1. The van der Waals surface area contributed by atoms with Crippen LogP contribution in [0.1, 0.15) is 35.2 Å². The van der Waals surface area contributed by atoms with Gasteiger partial charge in [-0.25, -0.2) is 0 Å². The molecule has 1 aromatic rings. The lowest BCUT2D eigenvalue weighted by atomic mass is 10.1. The van der Waals surface area contributed by atoms with Gasteiger partial charge >= 0.3 is 0 Å². The quantitative estimate of drug-likeness (QED) is 0.728. The zero-order valence-electron chi connectivity index (χ0n) is 10.0. The second-order valence-corrected chi connectivity index (χ2v) is 4.49. The molecule has 0 atom stereocenters.